The lowest BCUT2D eigenvalue weighted by atomic mass is 9.94. The van der Waals surface area contributed by atoms with Crippen LogP contribution in [0.25, 0.3) is 11.1 Å². The van der Waals surface area contributed by atoms with Gasteiger partial charge in [0.25, 0.3) is 5.91 Å². The predicted molar refractivity (Wildman–Crippen MR) is 113 cm³/mol. The van der Waals surface area contributed by atoms with Crippen molar-refractivity contribution in [3.05, 3.63) is 64.2 Å². The second-order valence-electron chi connectivity index (χ2n) is 6.92. The van der Waals surface area contributed by atoms with Crippen LogP contribution in [0.5, 0.6) is 0 Å². The van der Waals surface area contributed by atoms with Gasteiger partial charge in [-0.3, -0.25) is 4.79 Å². The van der Waals surface area contributed by atoms with Crippen molar-refractivity contribution in [3.8, 4) is 11.1 Å². The Balaban J connectivity index is 1.57. The fourth-order valence-electron chi connectivity index (χ4n) is 3.40. The Bertz CT molecular complexity index is 1200. The van der Waals surface area contributed by atoms with E-state index in [1.54, 1.807) is 12.3 Å². The first-order chi connectivity index (χ1) is 13.8. The number of carbonyl (C=O) groups is 1. The van der Waals surface area contributed by atoms with Crippen LogP contribution in [0.3, 0.4) is 0 Å². The van der Waals surface area contributed by atoms with Gasteiger partial charge in [-0.15, -0.1) is 11.3 Å². The number of nitrogen functional groups attached to an aromatic ring is 1. The van der Waals surface area contributed by atoms with Crippen LogP contribution in [0.4, 0.5) is 5.82 Å². The number of aryl methyl sites for hydroxylation is 2. The van der Waals surface area contributed by atoms with Gasteiger partial charge in [0.2, 0.25) is 10.0 Å². The van der Waals surface area contributed by atoms with Gasteiger partial charge in [-0.1, -0.05) is 12.1 Å². The number of carbonyl (C=O) groups excluding carboxylic acids is 1. The summed E-state index contributed by atoms with van der Waals surface area (Å²) < 4.78 is 23.0. The highest BCUT2D eigenvalue weighted by Crippen LogP contribution is 2.29. The fraction of sp³-hybridized carbons (Fsp3) is 0.200. The largest absolute Gasteiger partial charge is 0.383 e. The quantitative estimate of drug-likeness (QED) is 0.573. The van der Waals surface area contributed by atoms with E-state index in [4.69, 9.17) is 10.9 Å². The van der Waals surface area contributed by atoms with Crippen molar-refractivity contribution >= 4 is 33.1 Å². The van der Waals surface area contributed by atoms with Crippen molar-refractivity contribution in [2.24, 2.45) is 5.14 Å². The molecule has 3 heterocycles. The van der Waals surface area contributed by atoms with Crippen molar-refractivity contribution in [3.63, 3.8) is 0 Å². The number of aromatic nitrogens is 1. The summed E-state index contributed by atoms with van der Waals surface area (Å²) in [5.74, 6) is 0.383. The first kappa shape index (κ1) is 19.6. The molecule has 0 spiro atoms. The molecule has 1 aliphatic heterocycles. The number of thiophene rings is 1. The molecule has 4 rings (SSSR count). The highest BCUT2D eigenvalue weighted by atomic mass is 32.2. The van der Waals surface area contributed by atoms with Crippen molar-refractivity contribution in [1.29, 1.82) is 0 Å². The van der Waals surface area contributed by atoms with Crippen LogP contribution in [-0.4, -0.2) is 25.9 Å². The van der Waals surface area contributed by atoms with Gasteiger partial charge in [-0.2, -0.15) is 0 Å². The summed E-state index contributed by atoms with van der Waals surface area (Å²) in [4.78, 5) is 17.2. The summed E-state index contributed by atoms with van der Waals surface area (Å²) in [6, 6.07) is 11.0. The predicted octanol–water partition coefficient (Wildman–Crippen LogP) is 2.11. The molecule has 150 valence electrons. The minimum Gasteiger partial charge on any atom is -0.383 e. The average molecular weight is 429 g/mol. The number of nitrogens with one attached hydrogen (secondary N) is 1. The summed E-state index contributed by atoms with van der Waals surface area (Å²) >= 11 is 1.18. The number of nitrogens with zero attached hydrogens (tertiary/aromatic N) is 1. The summed E-state index contributed by atoms with van der Waals surface area (Å²) in [6.07, 6.45) is 3.89. The second kappa shape index (κ2) is 7.58. The molecule has 0 aliphatic carbocycles. The molecule has 9 heteroatoms. The maximum atomic E-state index is 11.9. The summed E-state index contributed by atoms with van der Waals surface area (Å²) in [5.41, 5.74) is 10.6. The Kier molecular flexibility index (Phi) is 5.12. The number of anilines is 1. The third kappa shape index (κ3) is 4.16. The number of rotatable bonds is 5. The van der Waals surface area contributed by atoms with Crippen molar-refractivity contribution < 1.29 is 13.2 Å². The lowest BCUT2D eigenvalue weighted by Crippen LogP contribution is -2.31. The number of hydrogen-bond donors (Lipinski definition) is 3. The minimum atomic E-state index is -3.66. The lowest BCUT2D eigenvalue weighted by molar-refractivity contribution is 0.0946. The number of hydrogen-bond acceptors (Lipinski definition) is 6. The van der Waals surface area contributed by atoms with Gasteiger partial charge >= 0.3 is 0 Å². The zero-order valence-electron chi connectivity index (χ0n) is 15.5. The summed E-state index contributed by atoms with van der Waals surface area (Å²) in [6.45, 7) is 0.629. The van der Waals surface area contributed by atoms with Gasteiger partial charge in [-0.25, -0.2) is 18.5 Å². The van der Waals surface area contributed by atoms with Crippen LogP contribution in [0, 0.1) is 0 Å². The Labute approximate surface area is 172 Å². The Morgan fingerprint density at radius 3 is 2.69 bits per heavy atom. The Hall–Kier alpha value is -2.75. The van der Waals surface area contributed by atoms with Crippen LogP contribution in [-0.2, 0) is 29.3 Å². The van der Waals surface area contributed by atoms with Crippen molar-refractivity contribution in [2.45, 2.75) is 23.5 Å². The first-order valence-electron chi connectivity index (χ1n) is 9.08. The van der Waals surface area contributed by atoms with Crippen LogP contribution in [0.15, 0.2) is 46.8 Å². The summed E-state index contributed by atoms with van der Waals surface area (Å²) in [5, 5.41) is 8.01. The molecule has 7 nitrogen and oxygen atoms in total. The zero-order chi connectivity index (χ0) is 20.6. The Morgan fingerprint density at radius 1 is 1.10 bits per heavy atom. The number of sulfonamides is 1. The van der Waals surface area contributed by atoms with E-state index in [1.807, 2.05) is 24.3 Å². The fourth-order valence-corrected chi connectivity index (χ4v) is 5.17. The molecule has 1 aliphatic rings. The molecule has 1 aromatic carbocycles. The van der Waals surface area contributed by atoms with Gasteiger partial charge in [0.1, 0.15) is 10.0 Å². The Morgan fingerprint density at radius 2 is 1.93 bits per heavy atom. The van der Waals surface area contributed by atoms with Gasteiger partial charge in [-0.05, 0) is 60.2 Å². The monoisotopic (exact) mass is 428 g/mol. The second-order valence-corrected chi connectivity index (χ2v) is 9.88. The number of benzene rings is 1. The molecule has 5 N–H and O–H groups in total. The maximum absolute atomic E-state index is 11.9. The van der Waals surface area contributed by atoms with E-state index in [0.717, 1.165) is 33.6 Å². The maximum Gasteiger partial charge on any atom is 0.251 e. The molecule has 0 saturated carbocycles. The average Bonchev–Trinajstić information content (AvgIpc) is 3.17. The van der Waals surface area contributed by atoms with Gasteiger partial charge < -0.3 is 11.1 Å². The van der Waals surface area contributed by atoms with E-state index in [1.165, 1.54) is 17.4 Å². The molecule has 0 radical (unpaired) electrons. The van der Waals surface area contributed by atoms with E-state index in [9.17, 15) is 13.2 Å². The molecule has 1 amide bonds. The highest BCUT2D eigenvalue weighted by molar-refractivity contribution is 7.91. The van der Waals surface area contributed by atoms with E-state index in [-0.39, 0.29) is 10.1 Å². The zero-order valence-corrected chi connectivity index (χ0v) is 17.1. The van der Waals surface area contributed by atoms with Crippen LogP contribution in [0.2, 0.25) is 0 Å². The molecule has 3 aromatic rings. The highest BCUT2D eigenvalue weighted by Gasteiger charge is 2.18. The van der Waals surface area contributed by atoms with Gasteiger partial charge in [0, 0.05) is 28.7 Å². The summed E-state index contributed by atoms with van der Waals surface area (Å²) in [7, 11) is -3.66. The van der Waals surface area contributed by atoms with Crippen molar-refractivity contribution in [2.75, 3.05) is 12.3 Å². The van der Waals surface area contributed by atoms with Crippen molar-refractivity contribution in [1.82, 2.24) is 10.3 Å². The van der Waals surface area contributed by atoms with Crippen LogP contribution < -0.4 is 16.2 Å². The standard InChI is InChI=1S/C20H20N4O3S2/c21-19-17(13-2-5-16-14(10-13)7-8-23-20(16)25)9-12(11-24-19)1-3-15-4-6-18(28-15)29(22,26)27/h2,4-6,9-11H,1,3,7-8H2,(H2,21,24)(H,23,25)(H2,22,26,27). The third-order valence-electron chi connectivity index (χ3n) is 4.89. The lowest BCUT2D eigenvalue weighted by Gasteiger charge is -2.17. The van der Waals surface area contributed by atoms with Crippen LogP contribution >= 0.6 is 11.3 Å². The molecule has 0 fully saturated rings. The van der Waals surface area contributed by atoms with E-state index < -0.39 is 10.0 Å². The molecule has 29 heavy (non-hydrogen) atoms. The molecule has 0 bridgehead atoms. The SMILES string of the molecule is Nc1ncc(CCc2ccc(S(N)(=O)=O)s2)cc1-c1ccc2c(c1)CCNC2=O. The molecule has 0 unspecified atom stereocenters. The van der Waals surface area contributed by atoms with Gasteiger partial charge in [0.05, 0.1) is 0 Å². The number of amides is 1. The van der Waals surface area contributed by atoms with E-state index in [2.05, 4.69) is 10.3 Å². The van der Waals surface area contributed by atoms with E-state index in [0.29, 0.717) is 30.8 Å². The van der Waals surface area contributed by atoms with E-state index >= 15 is 0 Å². The third-order valence-corrected chi connectivity index (χ3v) is 7.48. The number of pyridine rings is 1. The number of nitrogens with two attached hydrogens (primary N) is 2. The minimum absolute atomic E-state index is 0.0486. The first-order valence-corrected chi connectivity index (χ1v) is 11.4. The number of primary sulfonamides is 1. The molecule has 2 aromatic heterocycles. The molecular weight excluding hydrogens is 408 g/mol. The van der Waals surface area contributed by atoms with Crippen LogP contribution in [0.1, 0.15) is 26.4 Å². The van der Waals surface area contributed by atoms with Gasteiger partial charge in [0.15, 0.2) is 0 Å². The number of fused-ring (bicyclic) bond motifs is 1. The molecule has 0 saturated heterocycles. The molecule has 0 atom stereocenters. The topological polar surface area (TPSA) is 128 Å². The smallest absolute Gasteiger partial charge is 0.251 e. The molecular formula is C20H20N4O3S2. The normalized spacial score (nSPS) is 13.8.